The average molecular weight is 281 g/mol. The molecule has 0 bridgehead atoms. The summed E-state index contributed by atoms with van der Waals surface area (Å²) in [6.07, 6.45) is 1.72. The molecular formula is C19H23NO. The molecule has 0 atom stereocenters. The van der Waals surface area contributed by atoms with Gasteiger partial charge < -0.3 is 5.73 Å². The Bertz CT molecular complexity index is 616. The summed E-state index contributed by atoms with van der Waals surface area (Å²) in [5, 5.41) is 0. The van der Waals surface area contributed by atoms with Gasteiger partial charge in [0.2, 0.25) is 0 Å². The Balaban J connectivity index is 2.32. The van der Waals surface area contributed by atoms with Crippen molar-refractivity contribution in [2.45, 2.75) is 26.7 Å². The molecule has 0 unspecified atom stereocenters. The lowest BCUT2D eigenvalue weighted by Gasteiger charge is -2.10. The highest BCUT2D eigenvalue weighted by Gasteiger charge is 2.13. The maximum Gasteiger partial charge on any atom is 0.193 e. The minimum absolute atomic E-state index is 0.0876. The van der Waals surface area contributed by atoms with Crippen LogP contribution in [0.2, 0.25) is 0 Å². The molecular weight excluding hydrogens is 258 g/mol. The lowest BCUT2D eigenvalue weighted by atomic mass is 9.94. The van der Waals surface area contributed by atoms with Gasteiger partial charge in [-0.05, 0) is 42.5 Å². The van der Waals surface area contributed by atoms with E-state index < -0.39 is 0 Å². The summed E-state index contributed by atoms with van der Waals surface area (Å²) >= 11 is 0. The van der Waals surface area contributed by atoms with Crippen LogP contribution in [0.4, 0.5) is 0 Å². The molecule has 2 aromatic carbocycles. The number of rotatable bonds is 6. The van der Waals surface area contributed by atoms with Crippen molar-refractivity contribution in [1.29, 1.82) is 0 Å². The van der Waals surface area contributed by atoms with Crippen molar-refractivity contribution < 1.29 is 4.79 Å². The molecule has 21 heavy (non-hydrogen) atoms. The molecule has 0 aliphatic carbocycles. The predicted octanol–water partition coefficient (Wildman–Crippen LogP) is 3.62. The van der Waals surface area contributed by atoms with E-state index in [1.54, 1.807) is 0 Å². The fourth-order valence-corrected chi connectivity index (χ4v) is 2.58. The van der Waals surface area contributed by atoms with E-state index in [0.717, 1.165) is 29.5 Å². The second-order valence-corrected chi connectivity index (χ2v) is 5.82. The van der Waals surface area contributed by atoms with Gasteiger partial charge >= 0.3 is 0 Å². The zero-order valence-electron chi connectivity index (χ0n) is 12.8. The molecule has 0 aliphatic rings. The summed E-state index contributed by atoms with van der Waals surface area (Å²) < 4.78 is 0. The van der Waals surface area contributed by atoms with E-state index in [9.17, 15) is 4.79 Å². The first-order valence-electron chi connectivity index (χ1n) is 7.53. The smallest absolute Gasteiger partial charge is 0.193 e. The molecule has 0 saturated heterocycles. The van der Waals surface area contributed by atoms with E-state index in [1.165, 1.54) is 5.56 Å². The summed E-state index contributed by atoms with van der Waals surface area (Å²) in [7, 11) is 0. The van der Waals surface area contributed by atoms with Crippen LogP contribution in [0.5, 0.6) is 0 Å². The van der Waals surface area contributed by atoms with Crippen molar-refractivity contribution in [3.05, 3.63) is 70.8 Å². The van der Waals surface area contributed by atoms with E-state index in [2.05, 4.69) is 19.9 Å². The highest BCUT2D eigenvalue weighted by atomic mass is 16.1. The van der Waals surface area contributed by atoms with Gasteiger partial charge in [0.1, 0.15) is 0 Å². The Morgan fingerprint density at radius 1 is 1.10 bits per heavy atom. The van der Waals surface area contributed by atoms with E-state index >= 15 is 0 Å². The van der Waals surface area contributed by atoms with E-state index in [4.69, 9.17) is 5.73 Å². The summed E-state index contributed by atoms with van der Waals surface area (Å²) in [6, 6.07) is 15.7. The van der Waals surface area contributed by atoms with Gasteiger partial charge in [0, 0.05) is 11.1 Å². The molecule has 0 amide bonds. The Kier molecular flexibility index (Phi) is 5.29. The van der Waals surface area contributed by atoms with Crippen LogP contribution in [0.1, 0.15) is 40.9 Å². The molecule has 0 radical (unpaired) electrons. The first-order chi connectivity index (χ1) is 10.1. The second kappa shape index (κ2) is 7.19. The molecule has 2 N–H and O–H groups in total. The number of hydrogen-bond acceptors (Lipinski definition) is 2. The minimum Gasteiger partial charge on any atom is -0.330 e. The zero-order valence-corrected chi connectivity index (χ0v) is 12.8. The molecule has 0 heterocycles. The van der Waals surface area contributed by atoms with Crippen LogP contribution in [-0.2, 0) is 12.8 Å². The number of carbonyl (C=O) groups is 1. The maximum atomic E-state index is 12.7. The average Bonchev–Trinajstić information content (AvgIpc) is 2.47. The molecule has 0 aliphatic heterocycles. The Morgan fingerprint density at radius 3 is 2.57 bits per heavy atom. The fraction of sp³-hybridized carbons (Fsp3) is 0.316. The normalized spacial score (nSPS) is 10.9. The van der Waals surface area contributed by atoms with Crippen molar-refractivity contribution in [3.8, 4) is 0 Å². The van der Waals surface area contributed by atoms with Gasteiger partial charge in [-0.2, -0.15) is 0 Å². The Labute approximate surface area is 127 Å². The number of carbonyl (C=O) groups excluding carboxylic acids is 1. The highest BCUT2D eigenvalue weighted by Crippen LogP contribution is 2.17. The van der Waals surface area contributed by atoms with Gasteiger partial charge in [-0.15, -0.1) is 0 Å². The third-order valence-electron chi connectivity index (χ3n) is 3.51. The van der Waals surface area contributed by atoms with Crippen molar-refractivity contribution in [1.82, 2.24) is 0 Å². The summed E-state index contributed by atoms with van der Waals surface area (Å²) in [5.74, 6) is 0.671. The number of benzene rings is 2. The standard InChI is InChI=1S/C19H23NO/c1-14(2)12-15-6-5-8-17(13-15)19(21)18-9-4-3-7-16(18)10-11-20/h3-9,13-14H,10-12,20H2,1-2H3. The molecule has 0 saturated carbocycles. The summed E-state index contributed by atoms with van der Waals surface area (Å²) in [5.41, 5.74) is 9.41. The van der Waals surface area contributed by atoms with Crippen LogP contribution >= 0.6 is 0 Å². The number of hydrogen-bond donors (Lipinski definition) is 1. The van der Waals surface area contributed by atoms with Crippen molar-refractivity contribution in [2.24, 2.45) is 11.7 Å². The Morgan fingerprint density at radius 2 is 1.86 bits per heavy atom. The van der Waals surface area contributed by atoms with Crippen LogP contribution in [0.15, 0.2) is 48.5 Å². The lowest BCUT2D eigenvalue weighted by Crippen LogP contribution is -2.10. The fourth-order valence-electron chi connectivity index (χ4n) is 2.58. The van der Waals surface area contributed by atoms with E-state index in [1.807, 2.05) is 42.5 Å². The first-order valence-corrected chi connectivity index (χ1v) is 7.53. The van der Waals surface area contributed by atoms with Crippen LogP contribution in [-0.4, -0.2) is 12.3 Å². The third-order valence-corrected chi connectivity index (χ3v) is 3.51. The molecule has 2 nitrogen and oxygen atoms in total. The zero-order chi connectivity index (χ0) is 15.2. The van der Waals surface area contributed by atoms with Gasteiger partial charge in [-0.1, -0.05) is 56.3 Å². The van der Waals surface area contributed by atoms with Gasteiger partial charge in [-0.25, -0.2) is 0 Å². The maximum absolute atomic E-state index is 12.7. The quantitative estimate of drug-likeness (QED) is 0.822. The molecule has 0 aromatic heterocycles. The van der Waals surface area contributed by atoms with Crippen molar-refractivity contribution in [3.63, 3.8) is 0 Å². The topological polar surface area (TPSA) is 43.1 Å². The SMILES string of the molecule is CC(C)Cc1cccc(C(=O)c2ccccc2CCN)c1. The summed E-state index contributed by atoms with van der Waals surface area (Å²) in [6.45, 7) is 4.92. The molecule has 2 rings (SSSR count). The molecule has 0 fully saturated rings. The Hall–Kier alpha value is -1.93. The van der Waals surface area contributed by atoms with Gasteiger partial charge in [-0.3, -0.25) is 4.79 Å². The van der Waals surface area contributed by atoms with Crippen LogP contribution in [0.25, 0.3) is 0 Å². The molecule has 0 spiro atoms. The monoisotopic (exact) mass is 281 g/mol. The van der Waals surface area contributed by atoms with Gasteiger partial charge in [0.15, 0.2) is 5.78 Å². The summed E-state index contributed by atoms with van der Waals surface area (Å²) in [4.78, 5) is 12.7. The molecule has 110 valence electrons. The van der Waals surface area contributed by atoms with Crippen LogP contribution in [0, 0.1) is 5.92 Å². The van der Waals surface area contributed by atoms with Crippen molar-refractivity contribution >= 4 is 5.78 Å². The largest absolute Gasteiger partial charge is 0.330 e. The lowest BCUT2D eigenvalue weighted by molar-refractivity contribution is 0.103. The predicted molar refractivity (Wildman–Crippen MR) is 87.6 cm³/mol. The molecule has 2 aromatic rings. The van der Waals surface area contributed by atoms with Gasteiger partial charge in [0.05, 0.1) is 0 Å². The number of nitrogens with two attached hydrogens (primary N) is 1. The second-order valence-electron chi connectivity index (χ2n) is 5.82. The van der Waals surface area contributed by atoms with Crippen LogP contribution in [0.3, 0.4) is 0 Å². The van der Waals surface area contributed by atoms with Crippen molar-refractivity contribution in [2.75, 3.05) is 6.54 Å². The molecule has 2 heteroatoms. The third kappa shape index (κ3) is 4.02. The first kappa shape index (κ1) is 15.5. The van der Waals surface area contributed by atoms with E-state index in [0.29, 0.717) is 12.5 Å². The highest BCUT2D eigenvalue weighted by molar-refractivity contribution is 6.10. The van der Waals surface area contributed by atoms with Crippen LogP contribution < -0.4 is 5.73 Å². The number of ketones is 1. The van der Waals surface area contributed by atoms with Gasteiger partial charge in [0.25, 0.3) is 0 Å². The minimum atomic E-state index is 0.0876. The van der Waals surface area contributed by atoms with E-state index in [-0.39, 0.29) is 5.78 Å².